The maximum absolute atomic E-state index is 12.3. The van der Waals surface area contributed by atoms with E-state index in [0.29, 0.717) is 0 Å². The molecule has 0 heterocycles. The van der Waals surface area contributed by atoms with Crippen LogP contribution in [0.5, 0.6) is 0 Å². The molecular formula is C24H32O12. The molecule has 200 valence electrons. The molecule has 0 aliphatic rings. The van der Waals surface area contributed by atoms with E-state index in [1.165, 1.54) is 20.8 Å². The topological polar surface area (TPSA) is 158 Å². The Labute approximate surface area is 209 Å². The molecule has 0 bridgehead atoms. The van der Waals surface area contributed by atoms with Crippen molar-refractivity contribution in [1.82, 2.24) is 0 Å². The van der Waals surface area contributed by atoms with Gasteiger partial charge in [-0.15, -0.1) is 0 Å². The maximum Gasteiger partial charge on any atom is 0.347 e. The summed E-state index contributed by atoms with van der Waals surface area (Å²) in [4.78, 5) is 70.8. The zero-order valence-electron chi connectivity index (χ0n) is 20.8. The molecule has 0 fully saturated rings. The van der Waals surface area contributed by atoms with Gasteiger partial charge in [-0.2, -0.15) is 0 Å². The van der Waals surface area contributed by atoms with Crippen LogP contribution in [0.15, 0.2) is 38.0 Å². The second-order valence-electron chi connectivity index (χ2n) is 7.53. The third kappa shape index (κ3) is 11.4. The molecule has 0 radical (unpaired) electrons. The summed E-state index contributed by atoms with van der Waals surface area (Å²) in [6, 6.07) is 0. The summed E-state index contributed by atoms with van der Waals surface area (Å²) in [6.07, 6.45) is -1.02. The zero-order chi connectivity index (χ0) is 27.9. The molecule has 0 aromatic heterocycles. The van der Waals surface area contributed by atoms with E-state index in [9.17, 15) is 28.8 Å². The summed E-state index contributed by atoms with van der Waals surface area (Å²) in [5.74, 6) is -5.26. The summed E-state index contributed by atoms with van der Waals surface area (Å²) >= 11 is 0. The van der Waals surface area contributed by atoms with Gasteiger partial charge >= 0.3 is 35.8 Å². The van der Waals surface area contributed by atoms with Crippen LogP contribution < -0.4 is 0 Å². The van der Waals surface area contributed by atoms with Gasteiger partial charge in [-0.3, -0.25) is 0 Å². The lowest BCUT2D eigenvalue weighted by atomic mass is 9.88. The van der Waals surface area contributed by atoms with Gasteiger partial charge in [0, 0.05) is 18.2 Å². The van der Waals surface area contributed by atoms with E-state index in [1.807, 2.05) is 0 Å². The Bertz CT molecular complexity index is 752. The minimum absolute atomic E-state index is 0.170. The van der Waals surface area contributed by atoms with Crippen molar-refractivity contribution in [3.05, 3.63) is 38.0 Å². The minimum atomic E-state index is -1.27. The molecule has 0 aromatic rings. The van der Waals surface area contributed by atoms with Gasteiger partial charge in [0.15, 0.2) is 18.3 Å². The Hall–Kier alpha value is -3.96. The molecule has 12 heteroatoms. The molecule has 0 aliphatic carbocycles. The normalized spacial score (nSPS) is 14.3. The van der Waals surface area contributed by atoms with Crippen molar-refractivity contribution in [1.29, 1.82) is 0 Å². The molecule has 3 unspecified atom stereocenters. The predicted octanol–water partition coefficient (Wildman–Crippen LogP) is 1.37. The molecule has 0 saturated heterocycles. The smallest absolute Gasteiger partial charge is 0.347 e. The van der Waals surface area contributed by atoms with Crippen LogP contribution >= 0.6 is 0 Å². The van der Waals surface area contributed by atoms with Gasteiger partial charge in [0.05, 0.1) is 5.41 Å². The van der Waals surface area contributed by atoms with Crippen LogP contribution in [0.4, 0.5) is 0 Å². The van der Waals surface area contributed by atoms with Gasteiger partial charge in [-0.1, -0.05) is 26.7 Å². The number of carbonyl (C=O) groups is 6. The van der Waals surface area contributed by atoms with Crippen molar-refractivity contribution < 1.29 is 57.2 Å². The molecule has 0 rings (SSSR count). The molecule has 0 N–H and O–H groups in total. The monoisotopic (exact) mass is 512 g/mol. The van der Waals surface area contributed by atoms with Crippen molar-refractivity contribution in [2.75, 3.05) is 19.8 Å². The fraction of sp³-hybridized carbons (Fsp3) is 0.500. The average molecular weight is 513 g/mol. The van der Waals surface area contributed by atoms with Crippen LogP contribution in [0.1, 0.15) is 34.1 Å². The van der Waals surface area contributed by atoms with E-state index in [1.54, 1.807) is 6.92 Å². The van der Waals surface area contributed by atoms with Gasteiger partial charge in [-0.05, 0) is 27.2 Å². The molecule has 0 saturated carbocycles. The highest BCUT2D eigenvalue weighted by molar-refractivity contribution is 5.86. The summed E-state index contributed by atoms with van der Waals surface area (Å²) in [5, 5.41) is 0. The third-order valence-corrected chi connectivity index (χ3v) is 4.69. The first-order valence-electron chi connectivity index (χ1n) is 10.8. The molecule has 0 amide bonds. The molecule has 3 atom stereocenters. The van der Waals surface area contributed by atoms with E-state index in [0.717, 1.165) is 18.2 Å². The predicted molar refractivity (Wildman–Crippen MR) is 123 cm³/mol. The molecule has 0 spiro atoms. The van der Waals surface area contributed by atoms with Gasteiger partial charge in [0.25, 0.3) is 0 Å². The number of ether oxygens (including phenoxy) is 6. The quantitative estimate of drug-likeness (QED) is 0.166. The Kier molecular flexibility index (Phi) is 14.1. The molecule has 12 nitrogen and oxygen atoms in total. The number of carbonyl (C=O) groups excluding carboxylic acids is 6. The Morgan fingerprint density at radius 3 is 1.06 bits per heavy atom. The van der Waals surface area contributed by atoms with Crippen molar-refractivity contribution in [2.24, 2.45) is 5.41 Å². The van der Waals surface area contributed by atoms with E-state index in [4.69, 9.17) is 28.4 Å². The van der Waals surface area contributed by atoms with Crippen LogP contribution in [0.3, 0.4) is 0 Å². The SMILES string of the molecule is C=CC(=O)OC(C)C(=O)OCC(CC)(COC(=O)C(C)OC(=O)C=C)COC(=O)C(C)OC(=O)C=C. The van der Waals surface area contributed by atoms with Crippen LogP contribution in [0.2, 0.25) is 0 Å². The van der Waals surface area contributed by atoms with Crippen LogP contribution in [0.25, 0.3) is 0 Å². The van der Waals surface area contributed by atoms with Crippen molar-refractivity contribution >= 4 is 35.8 Å². The Morgan fingerprint density at radius 2 is 0.861 bits per heavy atom. The fourth-order valence-electron chi connectivity index (χ4n) is 2.27. The number of hydrogen-bond donors (Lipinski definition) is 0. The second-order valence-corrected chi connectivity index (χ2v) is 7.53. The zero-order valence-corrected chi connectivity index (χ0v) is 20.8. The largest absolute Gasteiger partial charge is 0.462 e. The lowest BCUT2D eigenvalue weighted by Gasteiger charge is -2.32. The van der Waals surface area contributed by atoms with Crippen LogP contribution in [0, 0.1) is 5.41 Å². The fourth-order valence-corrected chi connectivity index (χ4v) is 2.27. The third-order valence-electron chi connectivity index (χ3n) is 4.69. The lowest BCUT2D eigenvalue weighted by molar-refractivity contribution is -0.179. The van der Waals surface area contributed by atoms with Crippen molar-refractivity contribution in [2.45, 2.75) is 52.4 Å². The molecule has 0 aromatic carbocycles. The van der Waals surface area contributed by atoms with Crippen LogP contribution in [-0.2, 0) is 57.2 Å². The summed E-state index contributed by atoms with van der Waals surface area (Å²) in [6.45, 7) is 13.9. The summed E-state index contributed by atoms with van der Waals surface area (Å²) < 4.78 is 30.1. The minimum Gasteiger partial charge on any atom is -0.462 e. The molecule has 36 heavy (non-hydrogen) atoms. The van der Waals surface area contributed by atoms with Crippen molar-refractivity contribution in [3.63, 3.8) is 0 Å². The van der Waals surface area contributed by atoms with Gasteiger partial charge in [-0.25, -0.2) is 28.8 Å². The van der Waals surface area contributed by atoms with E-state index in [2.05, 4.69) is 19.7 Å². The van der Waals surface area contributed by atoms with Crippen LogP contribution in [-0.4, -0.2) is 73.9 Å². The summed E-state index contributed by atoms with van der Waals surface area (Å²) in [7, 11) is 0. The Morgan fingerprint density at radius 1 is 0.611 bits per heavy atom. The first kappa shape index (κ1) is 32.0. The summed E-state index contributed by atoms with van der Waals surface area (Å²) in [5.41, 5.74) is -1.26. The maximum atomic E-state index is 12.3. The Balaban J connectivity index is 5.49. The van der Waals surface area contributed by atoms with E-state index < -0.39 is 79.4 Å². The van der Waals surface area contributed by atoms with E-state index in [-0.39, 0.29) is 6.42 Å². The van der Waals surface area contributed by atoms with Gasteiger partial charge in [0.2, 0.25) is 0 Å². The first-order valence-corrected chi connectivity index (χ1v) is 10.8. The highest BCUT2D eigenvalue weighted by Crippen LogP contribution is 2.25. The highest BCUT2D eigenvalue weighted by Gasteiger charge is 2.36. The number of rotatable bonds is 16. The van der Waals surface area contributed by atoms with E-state index >= 15 is 0 Å². The lowest BCUT2D eigenvalue weighted by Crippen LogP contribution is -2.42. The standard InChI is InChI=1S/C24H32O12/c1-8-18(25)34-15(5)21(28)31-12-24(11-4,13-32-22(29)16(6)35-19(26)9-2)14-33-23(30)17(7)36-20(27)10-3/h8-10,15-17H,1-3,11-14H2,4-7H3. The molecule has 0 aliphatic heterocycles. The number of esters is 6. The van der Waals surface area contributed by atoms with Gasteiger partial charge < -0.3 is 28.4 Å². The average Bonchev–Trinajstić information content (AvgIpc) is 2.87. The second kappa shape index (κ2) is 15.8. The molecular weight excluding hydrogens is 480 g/mol. The highest BCUT2D eigenvalue weighted by atomic mass is 16.6. The van der Waals surface area contributed by atoms with Crippen molar-refractivity contribution in [3.8, 4) is 0 Å². The van der Waals surface area contributed by atoms with Gasteiger partial charge in [0.1, 0.15) is 19.8 Å². The number of hydrogen-bond acceptors (Lipinski definition) is 12. The first-order chi connectivity index (χ1) is 16.8.